The van der Waals surface area contributed by atoms with E-state index in [0.717, 1.165) is 50.4 Å². The number of unbranched alkanes of at least 4 members (excludes halogenated alkanes) is 1. The molecular formula is C14H24N4. The second-order valence-corrected chi connectivity index (χ2v) is 4.40. The molecule has 0 bridgehead atoms. The lowest BCUT2D eigenvalue weighted by Crippen LogP contribution is -2.20. The van der Waals surface area contributed by atoms with Gasteiger partial charge >= 0.3 is 0 Å². The third-order valence-corrected chi connectivity index (χ3v) is 2.72. The molecule has 0 aliphatic carbocycles. The first kappa shape index (κ1) is 14.6. The Balaban J connectivity index is 2.40. The minimum absolute atomic E-state index is 0.793. The highest BCUT2D eigenvalue weighted by molar-refractivity contribution is 5.34. The fourth-order valence-electron chi connectivity index (χ4n) is 1.62. The van der Waals surface area contributed by atoms with Gasteiger partial charge in [-0.25, -0.2) is 4.98 Å². The van der Waals surface area contributed by atoms with Crippen LogP contribution in [-0.4, -0.2) is 30.1 Å². The zero-order valence-electron chi connectivity index (χ0n) is 11.5. The van der Waals surface area contributed by atoms with Crippen molar-refractivity contribution in [3.05, 3.63) is 30.7 Å². The predicted octanol–water partition coefficient (Wildman–Crippen LogP) is 2.38. The highest BCUT2D eigenvalue weighted by Crippen LogP contribution is 2.08. The van der Waals surface area contributed by atoms with Crippen molar-refractivity contribution < 1.29 is 0 Å². The quantitative estimate of drug-likeness (QED) is 0.538. The normalized spacial score (nSPS) is 10.3. The van der Waals surface area contributed by atoms with E-state index in [9.17, 15) is 0 Å². The molecular weight excluding hydrogens is 224 g/mol. The predicted molar refractivity (Wildman–Crippen MR) is 76.7 cm³/mol. The maximum atomic E-state index is 4.43. The Labute approximate surface area is 110 Å². The topological polar surface area (TPSA) is 41.1 Å². The smallest absolute Gasteiger partial charge is 0.146 e. The zero-order chi connectivity index (χ0) is 13.2. The van der Waals surface area contributed by atoms with Crippen molar-refractivity contribution in [1.82, 2.24) is 15.3 Å². The third kappa shape index (κ3) is 5.27. The van der Waals surface area contributed by atoms with E-state index in [4.69, 9.17) is 0 Å². The van der Waals surface area contributed by atoms with Gasteiger partial charge in [-0.3, -0.25) is 4.98 Å². The zero-order valence-corrected chi connectivity index (χ0v) is 11.5. The van der Waals surface area contributed by atoms with Gasteiger partial charge < -0.3 is 10.2 Å². The number of hydrogen-bond donors (Lipinski definition) is 1. The molecule has 1 aromatic rings. The highest BCUT2D eigenvalue weighted by atomic mass is 15.2. The van der Waals surface area contributed by atoms with Crippen LogP contribution in [0.25, 0.3) is 0 Å². The van der Waals surface area contributed by atoms with Gasteiger partial charge in [0.05, 0.1) is 18.1 Å². The molecule has 100 valence electrons. The third-order valence-electron chi connectivity index (χ3n) is 2.72. The van der Waals surface area contributed by atoms with Crippen LogP contribution in [0, 0.1) is 0 Å². The van der Waals surface area contributed by atoms with E-state index in [1.165, 1.54) is 0 Å². The van der Waals surface area contributed by atoms with Crippen LogP contribution in [0.3, 0.4) is 0 Å². The summed E-state index contributed by atoms with van der Waals surface area (Å²) in [5, 5.41) is 3.31. The Morgan fingerprint density at radius 1 is 1.39 bits per heavy atom. The Morgan fingerprint density at radius 3 is 2.83 bits per heavy atom. The SMILES string of the molecule is C=CCCCN(C)c1cnc(CNCCC)cn1. The van der Waals surface area contributed by atoms with Crippen molar-refractivity contribution in [2.24, 2.45) is 0 Å². The number of allylic oxidation sites excluding steroid dienone is 1. The van der Waals surface area contributed by atoms with Crippen molar-refractivity contribution in [1.29, 1.82) is 0 Å². The molecule has 0 aliphatic rings. The molecule has 1 heterocycles. The van der Waals surface area contributed by atoms with Crippen LogP contribution in [0.5, 0.6) is 0 Å². The van der Waals surface area contributed by atoms with E-state index >= 15 is 0 Å². The molecule has 0 atom stereocenters. The van der Waals surface area contributed by atoms with E-state index in [1.807, 2.05) is 25.5 Å². The fourth-order valence-corrected chi connectivity index (χ4v) is 1.62. The van der Waals surface area contributed by atoms with Crippen LogP contribution >= 0.6 is 0 Å². The molecule has 18 heavy (non-hydrogen) atoms. The maximum absolute atomic E-state index is 4.43. The van der Waals surface area contributed by atoms with Crippen LogP contribution in [0.2, 0.25) is 0 Å². The van der Waals surface area contributed by atoms with Gasteiger partial charge in [0.25, 0.3) is 0 Å². The summed E-state index contributed by atoms with van der Waals surface area (Å²) < 4.78 is 0. The summed E-state index contributed by atoms with van der Waals surface area (Å²) >= 11 is 0. The number of aromatic nitrogens is 2. The summed E-state index contributed by atoms with van der Waals surface area (Å²) in [7, 11) is 2.04. The summed E-state index contributed by atoms with van der Waals surface area (Å²) in [6.07, 6.45) is 8.91. The van der Waals surface area contributed by atoms with Gasteiger partial charge in [-0.15, -0.1) is 6.58 Å². The first-order valence-corrected chi connectivity index (χ1v) is 6.61. The van der Waals surface area contributed by atoms with E-state index in [0.29, 0.717) is 0 Å². The van der Waals surface area contributed by atoms with E-state index in [2.05, 4.69) is 33.7 Å². The van der Waals surface area contributed by atoms with Gasteiger partial charge in [0.2, 0.25) is 0 Å². The number of hydrogen-bond acceptors (Lipinski definition) is 4. The highest BCUT2D eigenvalue weighted by Gasteiger charge is 2.02. The van der Waals surface area contributed by atoms with Gasteiger partial charge in [-0.1, -0.05) is 13.0 Å². The van der Waals surface area contributed by atoms with Crippen molar-refractivity contribution >= 4 is 5.82 Å². The lowest BCUT2D eigenvalue weighted by atomic mass is 10.3. The van der Waals surface area contributed by atoms with Crippen molar-refractivity contribution in [3.63, 3.8) is 0 Å². The Bertz CT molecular complexity index is 334. The second-order valence-electron chi connectivity index (χ2n) is 4.40. The maximum Gasteiger partial charge on any atom is 0.146 e. The molecule has 0 unspecified atom stereocenters. The molecule has 0 saturated carbocycles. The van der Waals surface area contributed by atoms with Gasteiger partial charge in [0.1, 0.15) is 5.82 Å². The molecule has 4 nitrogen and oxygen atoms in total. The number of nitrogens with zero attached hydrogens (tertiary/aromatic N) is 3. The Hall–Kier alpha value is -1.42. The lowest BCUT2D eigenvalue weighted by molar-refractivity contribution is 0.661. The average Bonchev–Trinajstić information content (AvgIpc) is 2.40. The largest absolute Gasteiger partial charge is 0.358 e. The molecule has 0 aliphatic heterocycles. The van der Waals surface area contributed by atoms with Crippen LogP contribution in [0.15, 0.2) is 25.0 Å². The molecule has 0 amide bonds. The molecule has 0 saturated heterocycles. The van der Waals surface area contributed by atoms with Crippen LogP contribution < -0.4 is 10.2 Å². The summed E-state index contributed by atoms with van der Waals surface area (Å²) in [5.74, 6) is 0.929. The molecule has 0 aromatic carbocycles. The van der Waals surface area contributed by atoms with Crippen molar-refractivity contribution in [2.45, 2.75) is 32.7 Å². The standard InChI is InChI=1S/C14H24N4/c1-4-6-7-9-18(3)14-12-16-13(11-17-14)10-15-8-5-2/h4,11-12,15H,1,5-10H2,2-3H3. The molecule has 0 radical (unpaired) electrons. The number of anilines is 1. The monoisotopic (exact) mass is 248 g/mol. The van der Waals surface area contributed by atoms with Crippen LogP contribution in [0.1, 0.15) is 31.9 Å². The average molecular weight is 248 g/mol. The summed E-state index contributed by atoms with van der Waals surface area (Å²) in [6.45, 7) is 8.67. The molecule has 0 fully saturated rings. The second kappa shape index (κ2) is 8.64. The van der Waals surface area contributed by atoms with Crippen LogP contribution in [0.4, 0.5) is 5.82 Å². The summed E-state index contributed by atoms with van der Waals surface area (Å²) in [5.41, 5.74) is 0.992. The molecule has 1 aromatic heterocycles. The van der Waals surface area contributed by atoms with Gasteiger partial charge in [0.15, 0.2) is 0 Å². The van der Waals surface area contributed by atoms with Crippen molar-refractivity contribution in [2.75, 3.05) is 25.0 Å². The summed E-state index contributed by atoms with van der Waals surface area (Å²) in [4.78, 5) is 11.0. The first-order valence-electron chi connectivity index (χ1n) is 6.61. The summed E-state index contributed by atoms with van der Waals surface area (Å²) in [6, 6.07) is 0. The number of nitrogens with one attached hydrogen (secondary N) is 1. The molecule has 1 rings (SSSR count). The van der Waals surface area contributed by atoms with E-state index in [-0.39, 0.29) is 0 Å². The lowest BCUT2D eigenvalue weighted by Gasteiger charge is -2.17. The fraction of sp³-hybridized carbons (Fsp3) is 0.571. The molecule has 4 heteroatoms. The Morgan fingerprint density at radius 2 is 2.22 bits per heavy atom. The van der Waals surface area contributed by atoms with Crippen molar-refractivity contribution in [3.8, 4) is 0 Å². The molecule has 1 N–H and O–H groups in total. The van der Waals surface area contributed by atoms with Gasteiger partial charge in [0, 0.05) is 20.1 Å². The van der Waals surface area contributed by atoms with E-state index < -0.39 is 0 Å². The van der Waals surface area contributed by atoms with E-state index in [1.54, 1.807) is 0 Å². The first-order chi connectivity index (χ1) is 8.77. The van der Waals surface area contributed by atoms with Gasteiger partial charge in [-0.2, -0.15) is 0 Å². The number of rotatable bonds is 9. The minimum Gasteiger partial charge on any atom is -0.358 e. The van der Waals surface area contributed by atoms with Gasteiger partial charge in [-0.05, 0) is 25.8 Å². The molecule has 0 spiro atoms. The Kier molecular flexibility index (Phi) is 7.03. The van der Waals surface area contributed by atoms with Crippen LogP contribution in [-0.2, 0) is 6.54 Å². The minimum atomic E-state index is 0.793.